The molecule has 0 aliphatic rings. The van der Waals surface area contributed by atoms with Gasteiger partial charge in [-0.1, -0.05) is 0 Å². The van der Waals surface area contributed by atoms with E-state index in [1.54, 1.807) is 6.33 Å². The molecule has 0 saturated heterocycles. The zero-order valence-electron chi connectivity index (χ0n) is 8.28. The number of rotatable bonds is 1. The van der Waals surface area contributed by atoms with Crippen molar-refractivity contribution in [2.45, 2.75) is 6.92 Å². The van der Waals surface area contributed by atoms with E-state index < -0.39 is 0 Å². The monoisotopic (exact) mass is 198 g/mol. The molecule has 0 spiro atoms. The molecule has 0 saturated carbocycles. The number of hydrogen-bond acceptors (Lipinski definition) is 2. The third kappa shape index (κ3) is 1.22. The molecule has 74 valence electrons. The van der Waals surface area contributed by atoms with Gasteiger partial charge in [0.1, 0.15) is 12.0 Å². The van der Waals surface area contributed by atoms with Crippen LogP contribution in [0.15, 0.2) is 30.9 Å². The predicted octanol–water partition coefficient (Wildman–Crippen LogP) is 2.26. The summed E-state index contributed by atoms with van der Waals surface area (Å²) in [5.41, 5.74) is 4.07. The van der Waals surface area contributed by atoms with Gasteiger partial charge in [-0.05, 0) is 19.1 Å². The molecule has 0 radical (unpaired) electrons. The zero-order chi connectivity index (χ0) is 10.3. The first-order valence-electron chi connectivity index (χ1n) is 4.78. The molecule has 0 atom stereocenters. The summed E-state index contributed by atoms with van der Waals surface area (Å²) >= 11 is 0. The number of fused-ring (bicyclic) bond motifs is 1. The molecule has 0 aromatic carbocycles. The highest BCUT2D eigenvalue weighted by molar-refractivity contribution is 5.90. The van der Waals surface area contributed by atoms with Crippen LogP contribution in [0.1, 0.15) is 5.69 Å². The molecule has 3 heterocycles. The number of aromatic amines is 2. The standard InChI is InChI=1S/C11H10N4/c1-7-4-8(5-13-7)10-9-2-3-12-11(9)15-6-14-10/h2-6,13H,1H3,(H,12,14,15). The van der Waals surface area contributed by atoms with Gasteiger partial charge in [-0.3, -0.25) is 0 Å². The molecule has 0 bridgehead atoms. The van der Waals surface area contributed by atoms with Gasteiger partial charge < -0.3 is 9.97 Å². The normalized spacial score (nSPS) is 11.0. The predicted molar refractivity (Wildman–Crippen MR) is 58.4 cm³/mol. The molecule has 0 unspecified atom stereocenters. The summed E-state index contributed by atoms with van der Waals surface area (Å²) in [7, 11) is 0. The van der Waals surface area contributed by atoms with Crippen molar-refractivity contribution in [3.63, 3.8) is 0 Å². The molecule has 0 aliphatic carbocycles. The molecule has 0 aliphatic heterocycles. The molecule has 2 N–H and O–H groups in total. The number of aryl methyl sites for hydroxylation is 1. The Bertz CT molecular complexity index is 606. The van der Waals surface area contributed by atoms with Crippen LogP contribution in [0.25, 0.3) is 22.3 Å². The highest BCUT2D eigenvalue weighted by Gasteiger charge is 2.07. The Hall–Kier alpha value is -2.10. The lowest BCUT2D eigenvalue weighted by molar-refractivity contribution is 1.20. The van der Waals surface area contributed by atoms with E-state index in [1.165, 1.54) is 0 Å². The van der Waals surface area contributed by atoms with Gasteiger partial charge in [0.25, 0.3) is 0 Å². The Morgan fingerprint density at radius 3 is 2.93 bits per heavy atom. The summed E-state index contributed by atoms with van der Waals surface area (Å²) in [6.07, 6.45) is 5.42. The molecular formula is C11H10N4. The topological polar surface area (TPSA) is 57.4 Å². The minimum Gasteiger partial charge on any atom is -0.365 e. The van der Waals surface area contributed by atoms with Crippen LogP contribution in [0.4, 0.5) is 0 Å². The molecule has 0 amide bonds. The van der Waals surface area contributed by atoms with Crippen LogP contribution in [0, 0.1) is 6.92 Å². The summed E-state index contributed by atoms with van der Waals surface area (Å²) in [4.78, 5) is 14.7. The number of hydrogen-bond donors (Lipinski definition) is 2. The molecule has 3 aromatic rings. The van der Waals surface area contributed by atoms with Crippen LogP contribution in [0.5, 0.6) is 0 Å². The largest absolute Gasteiger partial charge is 0.365 e. The van der Waals surface area contributed by atoms with Crippen molar-refractivity contribution >= 4 is 11.0 Å². The second-order valence-electron chi connectivity index (χ2n) is 3.53. The quantitative estimate of drug-likeness (QED) is 0.630. The van der Waals surface area contributed by atoms with Gasteiger partial charge in [0.05, 0.1) is 5.69 Å². The SMILES string of the molecule is Cc1cc(-c2ncnc3[nH]ccc23)c[nH]1. The molecule has 4 heteroatoms. The number of H-pyrrole nitrogens is 2. The Kier molecular flexibility index (Phi) is 1.62. The Balaban J connectivity index is 2.30. The molecule has 3 rings (SSSR count). The summed E-state index contributed by atoms with van der Waals surface area (Å²) in [6, 6.07) is 4.07. The van der Waals surface area contributed by atoms with E-state index in [4.69, 9.17) is 0 Å². The lowest BCUT2D eigenvalue weighted by Crippen LogP contribution is -1.85. The summed E-state index contributed by atoms with van der Waals surface area (Å²) in [6.45, 7) is 2.03. The smallest absolute Gasteiger partial charge is 0.141 e. The van der Waals surface area contributed by atoms with E-state index in [-0.39, 0.29) is 0 Å². The van der Waals surface area contributed by atoms with E-state index in [0.717, 1.165) is 28.0 Å². The van der Waals surface area contributed by atoms with Gasteiger partial charge in [-0.25, -0.2) is 9.97 Å². The number of nitrogens with one attached hydrogen (secondary N) is 2. The number of nitrogens with zero attached hydrogens (tertiary/aromatic N) is 2. The van der Waals surface area contributed by atoms with Crippen LogP contribution < -0.4 is 0 Å². The Morgan fingerprint density at radius 2 is 2.13 bits per heavy atom. The maximum absolute atomic E-state index is 4.31. The molecule has 3 aromatic heterocycles. The van der Waals surface area contributed by atoms with Crippen LogP contribution in [-0.2, 0) is 0 Å². The first kappa shape index (κ1) is 8.23. The van der Waals surface area contributed by atoms with Gasteiger partial charge in [-0.2, -0.15) is 0 Å². The maximum Gasteiger partial charge on any atom is 0.141 e. The van der Waals surface area contributed by atoms with Crippen molar-refractivity contribution in [3.05, 3.63) is 36.5 Å². The van der Waals surface area contributed by atoms with Gasteiger partial charge in [0.15, 0.2) is 0 Å². The van der Waals surface area contributed by atoms with Crippen molar-refractivity contribution in [1.82, 2.24) is 19.9 Å². The summed E-state index contributed by atoms with van der Waals surface area (Å²) in [5.74, 6) is 0. The minimum atomic E-state index is 0.874. The molecule has 4 nitrogen and oxygen atoms in total. The first-order valence-corrected chi connectivity index (χ1v) is 4.78. The second-order valence-corrected chi connectivity index (χ2v) is 3.53. The van der Waals surface area contributed by atoms with Crippen molar-refractivity contribution in [2.24, 2.45) is 0 Å². The van der Waals surface area contributed by atoms with E-state index in [2.05, 4.69) is 26.0 Å². The van der Waals surface area contributed by atoms with Crippen LogP contribution >= 0.6 is 0 Å². The lowest BCUT2D eigenvalue weighted by atomic mass is 10.2. The molecular weight excluding hydrogens is 188 g/mol. The Labute approximate surface area is 86.4 Å². The van der Waals surface area contributed by atoms with Crippen molar-refractivity contribution in [3.8, 4) is 11.3 Å². The second kappa shape index (κ2) is 2.95. The van der Waals surface area contributed by atoms with Crippen molar-refractivity contribution in [2.75, 3.05) is 0 Å². The minimum absolute atomic E-state index is 0.874. The van der Waals surface area contributed by atoms with Gasteiger partial charge >= 0.3 is 0 Å². The van der Waals surface area contributed by atoms with Crippen LogP contribution in [0.2, 0.25) is 0 Å². The summed E-state index contributed by atoms with van der Waals surface area (Å²) in [5, 5.41) is 1.05. The fraction of sp³-hybridized carbons (Fsp3) is 0.0909. The van der Waals surface area contributed by atoms with Gasteiger partial charge in [-0.15, -0.1) is 0 Å². The highest BCUT2D eigenvalue weighted by Crippen LogP contribution is 2.24. The fourth-order valence-corrected chi connectivity index (χ4v) is 1.75. The average Bonchev–Trinajstić information content (AvgIpc) is 2.84. The third-order valence-electron chi connectivity index (χ3n) is 2.45. The van der Waals surface area contributed by atoms with Crippen LogP contribution in [0.3, 0.4) is 0 Å². The van der Waals surface area contributed by atoms with Gasteiger partial charge in [0.2, 0.25) is 0 Å². The van der Waals surface area contributed by atoms with Crippen molar-refractivity contribution in [1.29, 1.82) is 0 Å². The Morgan fingerprint density at radius 1 is 1.20 bits per heavy atom. The molecule has 15 heavy (non-hydrogen) atoms. The highest BCUT2D eigenvalue weighted by atomic mass is 14.9. The third-order valence-corrected chi connectivity index (χ3v) is 2.45. The van der Waals surface area contributed by atoms with Gasteiger partial charge in [0, 0.05) is 29.0 Å². The van der Waals surface area contributed by atoms with Crippen molar-refractivity contribution < 1.29 is 0 Å². The van der Waals surface area contributed by atoms with E-state index in [0.29, 0.717) is 0 Å². The molecule has 0 fully saturated rings. The van der Waals surface area contributed by atoms with Crippen LogP contribution in [-0.4, -0.2) is 19.9 Å². The lowest BCUT2D eigenvalue weighted by Gasteiger charge is -1.97. The fourth-order valence-electron chi connectivity index (χ4n) is 1.75. The first-order chi connectivity index (χ1) is 7.34. The van der Waals surface area contributed by atoms with E-state index in [1.807, 2.05) is 25.4 Å². The summed E-state index contributed by atoms with van der Waals surface area (Å²) < 4.78 is 0. The van der Waals surface area contributed by atoms with E-state index in [9.17, 15) is 0 Å². The maximum atomic E-state index is 4.31. The average molecular weight is 198 g/mol. The van der Waals surface area contributed by atoms with E-state index >= 15 is 0 Å². The zero-order valence-corrected chi connectivity index (χ0v) is 8.28. The number of aromatic nitrogens is 4.